The number of hydrogen-bond donors (Lipinski definition) is 3. The van der Waals surface area contributed by atoms with Crippen LogP contribution in [0.3, 0.4) is 0 Å². The molecule has 0 unspecified atom stereocenters. The molecule has 0 radical (unpaired) electrons. The first kappa shape index (κ1) is 21.7. The number of nitrogens with two attached hydrogens (primary N) is 2. The predicted molar refractivity (Wildman–Crippen MR) is 97.6 cm³/mol. The standard InChI is InChI=1S/C16H18ClF3N6O2/c1-8(2)26-12(5-13(24-26)16(18,19)20)15(28)23-14-9(6-21)3-10(17)4-11(14)25(22)7-27/h3-5,7-8H,6,21-22H2,1-2H3,(H,23,28). The monoisotopic (exact) mass is 418 g/mol. The van der Waals surface area contributed by atoms with Gasteiger partial charge in [0.15, 0.2) is 5.69 Å². The molecule has 152 valence electrons. The fourth-order valence-electron chi connectivity index (χ4n) is 2.49. The highest BCUT2D eigenvalue weighted by Gasteiger charge is 2.36. The first-order chi connectivity index (χ1) is 13.0. The number of carbonyl (C=O) groups excluding carboxylic acids is 2. The molecule has 0 bridgehead atoms. The summed E-state index contributed by atoms with van der Waals surface area (Å²) in [5, 5.41) is 6.80. The Morgan fingerprint density at radius 2 is 2.04 bits per heavy atom. The lowest BCUT2D eigenvalue weighted by atomic mass is 10.1. The van der Waals surface area contributed by atoms with E-state index in [2.05, 4.69) is 10.4 Å². The third-order valence-corrected chi connectivity index (χ3v) is 3.98. The number of aromatic nitrogens is 2. The van der Waals surface area contributed by atoms with Crippen molar-refractivity contribution in [3.8, 4) is 0 Å². The van der Waals surface area contributed by atoms with Crippen LogP contribution in [-0.4, -0.2) is 22.1 Å². The SMILES string of the molecule is CC(C)n1nc(C(F)(F)F)cc1C(=O)Nc1c(CN)cc(Cl)cc1N(N)C=O. The van der Waals surface area contributed by atoms with Crippen molar-refractivity contribution < 1.29 is 22.8 Å². The van der Waals surface area contributed by atoms with Crippen molar-refractivity contribution in [1.82, 2.24) is 9.78 Å². The van der Waals surface area contributed by atoms with Gasteiger partial charge in [-0.15, -0.1) is 0 Å². The summed E-state index contributed by atoms with van der Waals surface area (Å²) in [6.45, 7) is 3.08. The number of carbonyl (C=O) groups is 2. The van der Waals surface area contributed by atoms with Crippen LogP contribution in [0.25, 0.3) is 0 Å². The Labute approximate surface area is 163 Å². The number of nitrogens with zero attached hydrogens (tertiary/aromatic N) is 3. The van der Waals surface area contributed by atoms with Gasteiger partial charge in [-0.25, -0.2) is 10.9 Å². The molecule has 2 amide bonds. The molecule has 2 aromatic rings. The highest BCUT2D eigenvalue weighted by atomic mass is 35.5. The first-order valence-electron chi connectivity index (χ1n) is 7.99. The molecule has 0 aliphatic heterocycles. The molecule has 1 aromatic heterocycles. The molecule has 0 saturated carbocycles. The lowest BCUT2D eigenvalue weighted by molar-refractivity contribution is -0.141. The van der Waals surface area contributed by atoms with E-state index in [1.165, 1.54) is 12.1 Å². The second kappa shape index (κ2) is 8.17. The van der Waals surface area contributed by atoms with Crippen LogP contribution < -0.4 is 21.9 Å². The zero-order chi connectivity index (χ0) is 21.2. The van der Waals surface area contributed by atoms with Gasteiger partial charge in [-0.3, -0.25) is 14.3 Å². The van der Waals surface area contributed by atoms with Gasteiger partial charge in [0, 0.05) is 23.7 Å². The van der Waals surface area contributed by atoms with E-state index in [-0.39, 0.29) is 35.0 Å². The van der Waals surface area contributed by atoms with Crippen LogP contribution in [0.2, 0.25) is 5.02 Å². The molecule has 28 heavy (non-hydrogen) atoms. The van der Waals surface area contributed by atoms with E-state index in [0.717, 1.165) is 4.68 Å². The third-order valence-electron chi connectivity index (χ3n) is 3.76. The van der Waals surface area contributed by atoms with E-state index in [1.54, 1.807) is 13.8 Å². The van der Waals surface area contributed by atoms with Crippen LogP contribution in [0.5, 0.6) is 0 Å². The van der Waals surface area contributed by atoms with E-state index in [9.17, 15) is 22.8 Å². The molecule has 1 aromatic carbocycles. The topological polar surface area (TPSA) is 119 Å². The molecule has 0 spiro atoms. The Bertz CT molecular complexity index is 897. The van der Waals surface area contributed by atoms with E-state index in [1.807, 2.05) is 0 Å². The summed E-state index contributed by atoms with van der Waals surface area (Å²) in [5.74, 6) is 4.71. The summed E-state index contributed by atoms with van der Waals surface area (Å²) >= 11 is 5.97. The molecule has 5 N–H and O–H groups in total. The predicted octanol–water partition coefficient (Wildman–Crippen LogP) is 2.68. The maximum Gasteiger partial charge on any atom is 0.435 e. The second-order valence-electron chi connectivity index (χ2n) is 6.08. The van der Waals surface area contributed by atoms with Gasteiger partial charge < -0.3 is 11.1 Å². The van der Waals surface area contributed by atoms with Gasteiger partial charge in [0.25, 0.3) is 5.91 Å². The van der Waals surface area contributed by atoms with Crippen LogP contribution in [-0.2, 0) is 17.5 Å². The number of alkyl halides is 3. The third kappa shape index (κ3) is 4.43. The second-order valence-corrected chi connectivity index (χ2v) is 6.52. The zero-order valence-corrected chi connectivity index (χ0v) is 15.7. The van der Waals surface area contributed by atoms with Crippen molar-refractivity contribution in [3.05, 3.63) is 40.2 Å². The highest BCUT2D eigenvalue weighted by Crippen LogP contribution is 2.33. The van der Waals surface area contributed by atoms with Gasteiger partial charge in [0.2, 0.25) is 6.41 Å². The first-order valence-corrected chi connectivity index (χ1v) is 8.37. The average molecular weight is 419 g/mol. The summed E-state index contributed by atoms with van der Waals surface area (Å²) in [4.78, 5) is 23.8. The minimum absolute atomic E-state index is 0.0305. The molecule has 12 heteroatoms. The lowest BCUT2D eigenvalue weighted by Gasteiger charge is -2.20. The van der Waals surface area contributed by atoms with E-state index in [0.29, 0.717) is 16.6 Å². The van der Waals surface area contributed by atoms with E-state index in [4.69, 9.17) is 23.2 Å². The Hall–Kier alpha value is -2.63. The van der Waals surface area contributed by atoms with Crippen molar-refractivity contribution in [2.45, 2.75) is 32.6 Å². The summed E-state index contributed by atoms with van der Waals surface area (Å²) in [7, 11) is 0. The molecule has 2 rings (SSSR count). The zero-order valence-electron chi connectivity index (χ0n) is 14.9. The van der Waals surface area contributed by atoms with Crippen molar-refractivity contribution in [2.24, 2.45) is 11.6 Å². The molecular formula is C16H18ClF3N6O2. The molecule has 0 aliphatic rings. The number of hydrogen-bond acceptors (Lipinski definition) is 5. The number of amides is 2. The summed E-state index contributed by atoms with van der Waals surface area (Å²) in [6.07, 6.45) is -4.43. The molecule has 8 nitrogen and oxygen atoms in total. The fraction of sp³-hybridized carbons (Fsp3) is 0.312. The molecule has 0 saturated heterocycles. The minimum atomic E-state index is -4.71. The highest BCUT2D eigenvalue weighted by molar-refractivity contribution is 6.31. The van der Waals surface area contributed by atoms with Crippen molar-refractivity contribution in [1.29, 1.82) is 0 Å². The minimum Gasteiger partial charge on any atom is -0.326 e. The van der Waals surface area contributed by atoms with Crippen molar-refractivity contribution in [2.75, 3.05) is 10.3 Å². The molecule has 1 heterocycles. The smallest absolute Gasteiger partial charge is 0.326 e. The van der Waals surface area contributed by atoms with Crippen LogP contribution in [0.4, 0.5) is 24.5 Å². The van der Waals surface area contributed by atoms with Crippen LogP contribution >= 0.6 is 11.6 Å². The molecule has 0 atom stereocenters. The molecule has 0 fully saturated rings. The van der Waals surface area contributed by atoms with Crippen LogP contribution in [0, 0.1) is 0 Å². The normalized spacial score (nSPS) is 11.6. The number of rotatable bonds is 6. The van der Waals surface area contributed by atoms with E-state index >= 15 is 0 Å². The van der Waals surface area contributed by atoms with Crippen LogP contribution in [0.1, 0.15) is 41.6 Å². The summed E-state index contributed by atoms with van der Waals surface area (Å²) in [5.41, 5.74) is 4.56. The lowest BCUT2D eigenvalue weighted by Crippen LogP contribution is -2.31. The number of hydrazine groups is 1. The van der Waals surface area contributed by atoms with Crippen molar-refractivity contribution >= 4 is 35.3 Å². The average Bonchev–Trinajstić information content (AvgIpc) is 3.08. The Kier molecular flexibility index (Phi) is 6.32. The number of halogens is 4. The quantitative estimate of drug-likeness (QED) is 0.288. The Morgan fingerprint density at radius 3 is 2.54 bits per heavy atom. The number of anilines is 2. The maximum absolute atomic E-state index is 13.0. The largest absolute Gasteiger partial charge is 0.435 e. The number of benzene rings is 1. The van der Waals surface area contributed by atoms with Crippen LogP contribution in [0.15, 0.2) is 18.2 Å². The Morgan fingerprint density at radius 1 is 1.39 bits per heavy atom. The van der Waals surface area contributed by atoms with E-state index < -0.39 is 23.8 Å². The Balaban J connectivity index is 2.54. The van der Waals surface area contributed by atoms with Crippen molar-refractivity contribution in [3.63, 3.8) is 0 Å². The summed E-state index contributed by atoms with van der Waals surface area (Å²) in [6, 6.07) is 2.88. The van der Waals surface area contributed by atoms with Gasteiger partial charge in [-0.2, -0.15) is 18.3 Å². The van der Waals surface area contributed by atoms with Gasteiger partial charge in [-0.1, -0.05) is 11.6 Å². The summed E-state index contributed by atoms with van der Waals surface area (Å²) < 4.78 is 40.0. The molecule has 0 aliphatic carbocycles. The van der Waals surface area contributed by atoms with Gasteiger partial charge in [-0.05, 0) is 31.5 Å². The molecular weight excluding hydrogens is 401 g/mol. The van der Waals surface area contributed by atoms with Gasteiger partial charge >= 0.3 is 6.18 Å². The van der Waals surface area contributed by atoms with Gasteiger partial charge in [0.05, 0.1) is 11.4 Å². The number of nitrogens with one attached hydrogen (secondary N) is 1. The fourth-order valence-corrected chi connectivity index (χ4v) is 2.72. The maximum atomic E-state index is 13.0. The van der Waals surface area contributed by atoms with Gasteiger partial charge in [0.1, 0.15) is 5.69 Å².